The molecule has 2 heteroatoms. The van der Waals surface area contributed by atoms with Gasteiger partial charge in [-0.1, -0.05) is 30.3 Å². The van der Waals surface area contributed by atoms with E-state index < -0.39 is 0 Å². The standard InChI is InChI=1S/C13H19NO/c1-11(15)13(14-9-5-6-10-14)12-7-3-2-4-8-12/h2-4,7-8,11,13,15H,5-6,9-10H2,1H3. The Bertz CT molecular complexity index is 291. The van der Waals surface area contributed by atoms with Crippen LogP contribution in [-0.2, 0) is 0 Å². The average Bonchev–Trinajstić information content (AvgIpc) is 2.72. The zero-order chi connectivity index (χ0) is 10.7. The minimum absolute atomic E-state index is 0.175. The van der Waals surface area contributed by atoms with Crippen molar-refractivity contribution in [2.75, 3.05) is 13.1 Å². The molecule has 2 atom stereocenters. The highest BCUT2D eigenvalue weighted by atomic mass is 16.3. The molecule has 0 amide bonds. The Morgan fingerprint density at radius 2 is 1.73 bits per heavy atom. The third-order valence-electron chi connectivity index (χ3n) is 3.13. The van der Waals surface area contributed by atoms with Crippen LogP contribution in [0.4, 0.5) is 0 Å². The number of hydrogen-bond acceptors (Lipinski definition) is 2. The molecule has 0 spiro atoms. The smallest absolute Gasteiger partial charge is 0.0708 e. The number of benzene rings is 1. The summed E-state index contributed by atoms with van der Waals surface area (Å²) >= 11 is 0. The van der Waals surface area contributed by atoms with Crippen LogP contribution in [0.15, 0.2) is 30.3 Å². The molecule has 1 aromatic rings. The number of likely N-dealkylation sites (tertiary alicyclic amines) is 1. The van der Waals surface area contributed by atoms with Gasteiger partial charge in [0.25, 0.3) is 0 Å². The van der Waals surface area contributed by atoms with Crippen LogP contribution >= 0.6 is 0 Å². The second kappa shape index (κ2) is 4.77. The molecule has 1 aliphatic rings. The largest absolute Gasteiger partial charge is 0.391 e. The molecule has 0 aromatic heterocycles. The first-order valence-corrected chi connectivity index (χ1v) is 5.76. The second-order valence-corrected chi connectivity index (χ2v) is 4.34. The van der Waals surface area contributed by atoms with E-state index in [1.54, 1.807) is 0 Å². The van der Waals surface area contributed by atoms with Crippen molar-refractivity contribution < 1.29 is 5.11 Å². The van der Waals surface area contributed by atoms with E-state index >= 15 is 0 Å². The minimum atomic E-state index is -0.300. The fourth-order valence-electron chi connectivity index (χ4n) is 2.46. The summed E-state index contributed by atoms with van der Waals surface area (Å²) in [5.41, 5.74) is 1.23. The SMILES string of the molecule is CC(O)C(c1ccccc1)N1CCCC1. The van der Waals surface area contributed by atoms with Gasteiger partial charge in [-0.25, -0.2) is 0 Å². The predicted octanol–water partition coefficient (Wildman–Crippen LogP) is 2.20. The quantitative estimate of drug-likeness (QED) is 0.817. The lowest BCUT2D eigenvalue weighted by Gasteiger charge is -2.30. The molecule has 2 unspecified atom stereocenters. The number of aliphatic hydroxyl groups excluding tert-OH is 1. The third-order valence-corrected chi connectivity index (χ3v) is 3.13. The van der Waals surface area contributed by atoms with Crippen LogP contribution in [0, 0.1) is 0 Å². The van der Waals surface area contributed by atoms with Crippen LogP contribution in [0.2, 0.25) is 0 Å². The van der Waals surface area contributed by atoms with Crippen LogP contribution < -0.4 is 0 Å². The molecule has 1 aliphatic heterocycles. The van der Waals surface area contributed by atoms with E-state index in [1.807, 2.05) is 25.1 Å². The van der Waals surface area contributed by atoms with E-state index in [0.717, 1.165) is 13.1 Å². The Morgan fingerprint density at radius 3 is 2.27 bits per heavy atom. The first-order chi connectivity index (χ1) is 7.29. The Kier molecular flexibility index (Phi) is 3.39. The van der Waals surface area contributed by atoms with E-state index in [2.05, 4.69) is 17.0 Å². The highest BCUT2D eigenvalue weighted by Gasteiger charge is 2.26. The lowest BCUT2D eigenvalue weighted by Crippen LogP contribution is -2.33. The predicted molar refractivity (Wildman–Crippen MR) is 61.7 cm³/mol. The summed E-state index contributed by atoms with van der Waals surface area (Å²) in [4.78, 5) is 2.39. The van der Waals surface area contributed by atoms with Gasteiger partial charge in [-0.3, -0.25) is 4.90 Å². The topological polar surface area (TPSA) is 23.5 Å². The molecule has 2 nitrogen and oxygen atoms in total. The first kappa shape index (κ1) is 10.7. The summed E-state index contributed by atoms with van der Waals surface area (Å²) < 4.78 is 0. The average molecular weight is 205 g/mol. The summed E-state index contributed by atoms with van der Waals surface area (Å²) in [7, 11) is 0. The molecule has 0 aliphatic carbocycles. The van der Waals surface area contributed by atoms with Crippen LogP contribution in [0.3, 0.4) is 0 Å². The molecular weight excluding hydrogens is 186 g/mol. The van der Waals surface area contributed by atoms with Crippen molar-refractivity contribution in [2.24, 2.45) is 0 Å². The maximum atomic E-state index is 9.88. The van der Waals surface area contributed by atoms with E-state index in [1.165, 1.54) is 18.4 Å². The molecule has 82 valence electrons. The number of rotatable bonds is 3. The zero-order valence-electron chi connectivity index (χ0n) is 9.26. The normalized spacial score (nSPS) is 21.5. The van der Waals surface area contributed by atoms with E-state index in [4.69, 9.17) is 0 Å². The fourth-order valence-corrected chi connectivity index (χ4v) is 2.46. The molecule has 1 saturated heterocycles. The maximum Gasteiger partial charge on any atom is 0.0708 e. The molecule has 2 rings (SSSR count). The van der Waals surface area contributed by atoms with Crippen molar-refractivity contribution in [1.82, 2.24) is 4.90 Å². The van der Waals surface area contributed by atoms with Crippen LogP contribution in [-0.4, -0.2) is 29.2 Å². The van der Waals surface area contributed by atoms with Gasteiger partial charge in [0, 0.05) is 0 Å². The Balaban J connectivity index is 2.19. The van der Waals surface area contributed by atoms with Crippen molar-refractivity contribution in [3.63, 3.8) is 0 Å². The lowest BCUT2D eigenvalue weighted by molar-refractivity contribution is 0.0749. The molecule has 1 N–H and O–H groups in total. The van der Waals surface area contributed by atoms with Crippen LogP contribution in [0.1, 0.15) is 31.4 Å². The van der Waals surface area contributed by atoms with Crippen molar-refractivity contribution in [2.45, 2.75) is 31.9 Å². The molecule has 0 saturated carbocycles. The summed E-state index contributed by atoms with van der Waals surface area (Å²) in [5.74, 6) is 0. The van der Waals surface area contributed by atoms with E-state index in [9.17, 15) is 5.11 Å². The third kappa shape index (κ3) is 2.39. The first-order valence-electron chi connectivity index (χ1n) is 5.76. The van der Waals surface area contributed by atoms with Gasteiger partial charge in [0.2, 0.25) is 0 Å². The van der Waals surface area contributed by atoms with Gasteiger partial charge in [0.15, 0.2) is 0 Å². The number of hydrogen-bond donors (Lipinski definition) is 1. The number of nitrogens with zero attached hydrogens (tertiary/aromatic N) is 1. The van der Waals surface area contributed by atoms with Gasteiger partial charge in [0.05, 0.1) is 12.1 Å². The van der Waals surface area contributed by atoms with E-state index in [0.29, 0.717) is 0 Å². The van der Waals surface area contributed by atoms with Gasteiger partial charge < -0.3 is 5.11 Å². The lowest BCUT2D eigenvalue weighted by atomic mass is 10.0. The summed E-state index contributed by atoms with van der Waals surface area (Å²) in [6, 6.07) is 10.5. The molecule has 1 aromatic carbocycles. The maximum absolute atomic E-state index is 9.88. The highest BCUT2D eigenvalue weighted by molar-refractivity contribution is 5.20. The van der Waals surface area contributed by atoms with Crippen molar-refractivity contribution in [3.05, 3.63) is 35.9 Å². The second-order valence-electron chi connectivity index (χ2n) is 4.34. The molecule has 1 fully saturated rings. The van der Waals surface area contributed by atoms with E-state index in [-0.39, 0.29) is 12.1 Å². The van der Waals surface area contributed by atoms with Gasteiger partial charge in [0.1, 0.15) is 0 Å². The monoisotopic (exact) mass is 205 g/mol. The Hall–Kier alpha value is -0.860. The molecule has 15 heavy (non-hydrogen) atoms. The van der Waals surface area contributed by atoms with Crippen molar-refractivity contribution in [3.8, 4) is 0 Å². The molecule has 1 heterocycles. The minimum Gasteiger partial charge on any atom is -0.391 e. The zero-order valence-corrected chi connectivity index (χ0v) is 9.26. The van der Waals surface area contributed by atoms with Gasteiger partial charge in [-0.05, 0) is 38.4 Å². The van der Waals surface area contributed by atoms with Crippen molar-refractivity contribution in [1.29, 1.82) is 0 Å². The summed E-state index contributed by atoms with van der Waals surface area (Å²) in [5, 5.41) is 9.88. The van der Waals surface area contributed by atoms with Crippen LogP contribution in [0.5, 0.6) is 0 Å². The molecule has 0 radical (unpaired) electrons. The van der Waals surface area contributed by atoms with Crippen LogP contribution in [0.25, 0.3) is 0 Å². The summed E-state index contributed by atoms with van der Waals surface area (Å²) in [6.45, 7) is 4.12. The van der Waals surface area contributed by atoms with Gasteiger partial charge in [-0.2, -0.15) is 0 Å². The highest BCUT2D eigenvalue weighted by Crippen LogP contribution is 2.27. The number of aliphatic hydroxyl groups is 1. The molecule has 0 bridgehead atoms. The van der Waals surface area contributed by atoms with Gasteiger partial charge >= 0.3 is 0 Å². The van der Waals surface area contributed by atoms with Crippen molar-refractivity contribution >= 4 is 0 Å². The molecular formula is C13H19NO. The summed E-state index contributed by atoms with van der Waals surface area (Å²) in [6.07, 6.45) is 2.22. The Morgan fingerprint density at radius 1 is 1.13 bits per heavy atom. The fraction of sp³-hybridized carbons (Fsp3) is 0.538. The van der Waals surface area contributed by atoms with Gasteiger partial charge in [-0.15, -0.1) is 0 Å². The Labute approximate surface area is 91.5 Å².